The van der Waals surface area contributed by atoms with Gasteiger partial charge in [0, 0.05) is 5.56 Å². The summed E-state index contributed by atoms with van der Waals surface area (Å²) in [5, 5.41) is 15.1. The summed E-state index contributed by atoms with van der Waals surface area (Å²) in [6, 6.07) is 6.16. The second kappa shape index (κ2) is 9.88. The molecule has 1 saturated heterocycles. The Balaban J connectivity index is 1.91. The van der Waals surface area contributed by atoms with Crippen LogP contribution in [0.2, 0.25) is 0 Å². The van der Waals surface area contributed by atoms with Gasteiger partial charge < -0.3 is 14.8 Å². The topological polar surface area (TPSA) is 134 Å². The number of carbonyl (C=O) groups excluding carboxylic acids is 2. The first kappa shape index (κ1) is 21.3. The molecule has 0 saturated carbocycles. The third kappa shape index (κ3) is 5.15. The van der Waals surface area contributed by atoms with Crippen molar-refractivity contribution in [1.82, 2.24) is 15.3 Å². The highest BCUT2D eigenvalue weighted by Crippen LogP contribution is 2.38. The van der Waals surface area contributed by atoms with E-state index in [2.05, 4.69) is 15.3 Å². The Labute approximate surface area is 172 Å². The second-order valence-corrected chi connectivity index (χ2v) is 7.00. The summed E-state index contributed by atoms with van der Waals surface area (Å²) in [6.45, 7) is 3.40. The molecule has 10 nitrogen and oxygen atoms in total. The van der Waals surface area contributed by atoms with Crippen molar-refractivity contribution in [3.63, 3.8) is 0 Å². The Morgan fingerprint density at radius 3 is 2.60 bits per heavy atom. The summed E-state index contributed by atoms with van der Waals surface area (Å²) in [5.41, 5.74) is 0.0339. The molecule has 1 fully saturated rings. The van der Waals surface area contributed by atoms with E-state index in [1.54, 1.807) is 12.1 Å². The third-order valence-electron chi connectivity index (χ3n) is 5.01. The van der Waals surface area contributed by atoms with Crippen LogP contribution in [0.4, 0.5) is 5.69 Å². The highest BCUT2D eigenvalue weighted by molar-refractivity contribution is 5.94. The van der Waals surface area contributed by atoms with E-state index in [0.29, 0.717) is 12.0 Å². The molecular weight excluding hydrogens is 392 g/mol. The number of nitrogens with zero attached hydrogens (tertiary/aromatic N) is 3. The first-order chi connectivity index (χ1) is 14.5. The van der Waals surface area contributed by atoms with Crippen LogP contribution in [-0.4, -0.2) is 40.2 Å². The first-order valence-electron chi connectivity index (χ1n) is 9.57. The van der Waals surface area contributed by atoms with Crippen molar-refractivity contribution in [2.75, 3.05) is 13.1 Å². The molecule has 2 heterocycles. The average molecular weight is 414 g/mol. The molecule has 1 N–H and O–H groups in total. The standard InChI is InChI=1S/C20H22N4O6/c1-13(26)15-2-4-16(5-3-15)30-20-19(24(27)28)18(22-11-23-20)17(29-12-25)10-14-6-8-21-9-7-14/h2-5,11-12,14,17,21H,6-10H2,1H3. The van der Waals surface area contributed by atoms with E-state index in [1.165, 1.54) is 19.1 Å². The number of aromatic nitrogens is 2. The number of Topliss-reactive ketones (excluding diaryl/α,β-unsaturated/α-hetero) is 1. The highest BCUT2D eigenvalue weighted by atomic mass is 16.6. The molecule has 1 aromatic carbocycles. The van der Waals surface area contributed by atoms with Crippen LogP contribution < -0.4 is 10.1 Å². The molecule has 10 heteroatoms. The van der Waals surface area contributed by atoms with Gasteiger partial charge in [-0.1, -0.05) is 0 Å². The van der Waals surface area contributed by atoms with Gasteiger partial charge in [-0.25, -0.2) is 4.98 Å². The summed E-state index contributed by atoms with van der Waals surface area (Å²) in [4.78, 5) is 41.6. The van der Waals surface area contributed by atoms with Gasteiger partial charge in [-0.05, 0) is 69.5 Å². The Morgan fingerprint density at radius 2 is 2.00 bits per heavy atom. The van der Waals surface area contributed by atoms with Crippen molar-refractivity contribution in [3.8, 4) is 11.6 Å². The van der Waals surface area contributed by atoms with E-state index < -0.39 is 16.7 Å². The van der Waals surface area contributed by atoms with E-state index in [0.717, 1.165) is 32.3 Å². The molecule has 0 aliphatic carbocycles. The molecule has 1 aliphatic rings. The van der Waals surface area contributed by atoms with Gasteiger partial charge in [0.25, 0.3) is 6.47 Å². The van der Waals surface area contributed by atoms with Gasteiger partial charge in [0.15, 0.2) is 17.6 Å². The number of hydrogen-bond acceptors (Lipinski definition) is 9. The van der Waals surface area contributed by atoms with Crippen LogP contribution in [0.25, 0.3) is 0 Å². The molecule has 30 heavy (non-hydrogen) atoms. The maximum Gasteiger partial charge on any atom is 0.356 e. The number of piperidine rings is 1. The van der Waals surface area contributed by atoms with Crippen molar-refractivity contribution in [3.05, 3.63) is 52.0 Å². The van der Waals surface area contributed by atoms with Crippen LogP contribution in [0.1, 0.15) is 48.3 Å². The quantitative estimate of drug-likeness (QED) is 0.284. The van der Waals surface area contributed by atoms with Crippen LogP contribution in [0.3, 0.4) is 0 Å². The summed E-state index contributed by atoms with van der Waals surface area (Å²) in [6.07, 6.45) is 2.44. The predicted octanol–water partition coefficient (Wildman–Crippen LogP) is 2.98. The molecule has 2 aromatic rings. The Bertz CT molecular complexity index is 912. The van der Waals surface area contributed by atoms with Crippen LogP contribution in [0, 0.1) is 16.0 Å². The molecule has 1 aliphatic heterocycles. The minimum Gasteiger partial charge on any atom is -0.458 e. The second-order valence-electron chi connectivity index (χ2n) is 7.00. The third-order valence-corrected chi connectivity index (χ3v) is 5.01. The molecule has 1 aromatic heterocycles. The molecule has 1 unspecified atom stereocenters. The van der Waals surface area contributed by atoms with Gasteiger partial charge in [0.1, 0.15) is 12.1 Å². The fourth-order valence-corrected chi connectivity index (χ4v) is 3.45. The van der Waals surface area contributed by atoms with E-state index in [4.69, 9.17) is 9.47 Å². The van der Waals surface area contributed by atoms with Crippen LogP contribution >= 0.6 is 0 Å². The molecule has 158 valence electrons. The first-order valence-corrected chi connectivity index (χ1v) is 9.57. The van der Waals surface area contributed by atoms with Crippen LogP contribution in [-0.2, 0) is 9.53 Å². The Hall–Kier alpha value is -3.40. The number of rotatable bonds is 9. The number of carbonyl (C=O) groups is 2. The zero-order valence-corrected chi connectivity index (χ0v) is 16.4. The minimum absolute atomic E-state index is 0.00371. The zero-order valence-electron chi connectivity index (χ0n) is 16.4. The van der Waals surface area contributed by atoms with Crippen molar-refractivity contribution in [2.24, 2.45) is 5.92 Å². The summed E-state index contributed by atoms with van der Waals surface area (Å²) >= 11 is 0. The number of hydrogen-bond donors (Lipinski definition) is 1. The smallest absolute Gasteiger partial charge is 0.356 e. The molecule has 0 amide bonds. The molecule has 0 spiro atoms. The average Bonchev–Trinajstić information content (AvgIpc) is 2.74. The minimum atomic E-state index is -0.878. The molecule has 0 bridgehead atoms. The lowest BCUT2D eigenvalue weighted by atomic mass is 9.90. The Morgan fingerprint density at radius 1 is 1.30 bits per heavy atom. The van der Waals surface area contributed by atoms with Gasteiger partial charge in [0.2, 0.25) is 0 Å². The van der Waals surface area contributed by atoms with Gasteiger partial charge in [-0.2, -0.15) is 4.98 Å². The van der Waals surface area contributed by atoms with E-state index in [9.17, 15) is 19.7 Å². The van der Waals surface area contributed by atoms with E-state index in [-0.39, 0.29) is 35.5 Å². The number of nitro groups is 1. The predicted molar refractivity (Wildman–Crippen MR) is 105 cm³/mol. The highest BCUT2D eigenvalue weighted by Gasteiger charge is 2.33. The van der Waals surface area contributed by atoms with Crippen LogP contribution in [0.5, 0.6) is 11.6 Å². The number of ketones is 1. The van der Waals surface area contributed by atoms with Crippen molar-refractivity contribution in [1.29, 1.82) is 0 Å². The zero-order chi connectivity index (χ0) is 21.5. The lowest BCUT2D eigenvalue weighted by molar-refractivity contribution is -0.387. The number of benzene rings is 1. The Kier molecular flexibility index (Phi) is 7.02. The molecule has 0 radical (unpaired) electrons. The van der Waals surface area contributed by atoms with E-state index >= 15 is 0 Å². The molecule has 3 rings (SSSR count). The molecular formula is C20H22N4O6. The van der Waals surface area contributed by atoms with Gasteiger partial charge in [0.05, 0.1) is 4.92 Å². The lowest BCUT2D eigenvalue weighted by Crippen LogP contribution is -2.29. The fourth-order valence-electron chi connectivity index (χ4n) is 3.45. The summed E-state index contributed by atoms with van der Waals surface area (Å²) in [7, 11) is 0. The monoisotopic (exact) mass is 414 g/mol. The van der Waals surface area contributed by atoms with Gasteiger partial charge in [-0.3, -0.25) is 19.7 Å². The molecule has 1 atom stereocenters. The van der Waals surface area contributed by atoms with Crippen molar-refractivity contribution >= 4 is 17.9 Å². The lowest BCUT2D eigenvalue weighted by Gasteiger charge is -2.25. The van der Waals surface area contributed by atoms with Gasteiger partial charge in [-0.15, -0.1) is 0 Å². The largest absolute Gasteiger partial charge is 0.458 e. The number of ether oxygens (including phenoxy) is 2. The summed E-state index contributed by atoms with van der Waals surface area (Å²) in [5.74, 6) is 0.155. The van der Waals surface area contributed by atoms with Crippen LogP contribution in [0.15, 0.2) is 30.6 Å². The maximum absolute atomic E-state index is 11.8. The van der Waals surface area contributed by atoms with Crippen molar-refractivity contribution in [2.45, 2.75) is 32.3 Å². The number of nitrogens with one attached hydrogen (secondary N) is 1. The normalized spacial score (nSPS) is 15.2. The van der Waals surface area contributed by atoms with Gasteiger partial charge >= 0.3 is 11.6 Å². The van der Waals surface area contributed by atoms with Crippen molar-refractivity contribution < 1.29 is 24.0 Å². The fraction of sp³-hybridized carbons (Fsp3) is 0.400. The maximum atomic E-state index is 11.8. The summed E-state index contributed by atoms with van der Waals surface area (Å²) < 4.78 is 10.8. The SMILES string of the molecule is CC(=O)c1ccc(Oc2ncnc(C(CC3CCNCC3)OC=O)c2[N+](=O)[O-])cc1. The van der Waals surface area contributed by atoms with E-state index in [1.807, 2.05) is 0 Å².